The van der Waals surface area contributed by atoms with Crippen molar-refractivity contribution >= 4 is 39.3 Å². The second kappa shape index (κ2) is 8.45. The Bertz CT molecular complexity index is 1060. The highest BCUT2D eigenvalue weighted by Gasteiger charge is 2.08. The topological polar surface area (TPSA) is 86.5 Å². The summed E-state index contributed by atoms with van der Waals surface area (Å²) in [5.74, 6) is 0.191. The van der Waals surface area contributed by atoms with Gasteiger partial charge in [0, 0.05) is 10.2 Å². The second-order valence-electron chi connectivity index (χ2n) is 5.99. The van der Waals surface area contributed by atoms with Crippen molar-refractivity contribution in [3.63, 3.8) is 0 Å². The third-order valence-electron chi connectivity index (χ3n) is 4.03. The lowest BCUT2D eigenvalue weighted by molar-refractivity contribution is -0.113. The van der Waals surface area contributed by atoms with Gasteiger partial charge in [-0.05, 0) is 35.4 Å². The molecule has 0 radical (unpaired) electrons. The van der Waals surface area contributed by atoms with Crippen LogP contribution in [0.25, 0.3) is 22.5 Å². The number of thioether (sulfide) groups is 1. The number of H-pyrrole nitrogens is 2. The van der Waals surface area contributed by atoms with E-state index >= 15 is 0 Å². The molecule has 0 saturated heterocycles. The molecule has 3 N–H and O–H groups in total. The monoisotopic (exact) mass is 453 g/mol. The number of carbonyl (C=O) groups excluding carboxylic acids is 1. The maximum Gasteiger partial charge on any atom is 0.234 e. The molecule has 28 heavy (non-hydrogen) atoms. The Morgan fingerprint density at radius 3 is 2.43 bits per heavy atom. The molecule has 2 aromatic carbocycles. The van der Waals surface area contributed by atoms with Crippen LogP contribution < -0.4 is 5.32 Å². The normalized spacial score (nSPS) is 10.8. The first-order valence-electron chi connectivity index (χ1n) is 8.50. The van der Waals surface area contributed by atoms with Gasteiger partial charge in [0.1, 0.15) is 0 Å². The number of halogens is 1. The predicted molar refractivity (Wildman–Crippen MR) is 115 cm³/mol. The number of imidazole rings is 2. The van der Waals surface area contributed by atoms with Crippen LogP contribution in [0, 0.1) is 0 Å². The molecule has 0 bridgehead atoms. The van der Waals surface area contributed by atoms with Gasteiger partial charge < -0.3 is 15.3 Å². The zero-order chi connectivity index (χ0) is 19.3. The lowest BCUT2D eigenvalue weighted by atomic mass is 10.1. The van der Waals surface area contributed by atoms with E-state index in [1.807, 2.05) is 48.5 Å². The van der Waals surface area contributed by atoms with E-state index in [2.05, 4.69) is 41.2 Å². The van der Waals surface area contributed by atoms with Gasteiger partial charge in [0.25, 0.3) is 0 Å². The lowest BCUT2D eigenvalue weighted by Crippen LogP contribution is -2.14. The van der Waals surface area contributed by atoms with E-state index in [-0.39, 0.29) is 11.7 Å². The van der Waals surface area contributed by atoms with Crippen molar-refractivity contribution in [1.82, 2.24) is 19.9 Å². The molecule has 2 heterocycles. The number of anilines is 1. The summed E-state index contributed by atoms with van der Waals surface area (Å²) in [6, 6.07) is 15.6. The number of aromatic amines is 2. The summed E-state index contributed by atoms with van der Waals surface area (Å²) in [6.07, 6.45) is 5.17. The van der Waals surface area contributed by atoms with Crippen LogP contribution in [-0.4, -0.2) is 31.6 Å². The first-order valence-corrected chi connectivity index (χ1v) is 10.3. The summed E-state index contributed by atoms with van der Waals surface area (Å²) < 4.78 is 1.03. The maximum atomic E-state index is 12.2. The number of nitrogens with one attached hydrogen (secondary N) is 3. The van der Waals surface area contributed by atoms with Crippen molar-refractivity contribution in [3.05, 3.63) is 71.7 Å². The quantitative estimate of drug-likeness (QED) is 0.360. The third-order valence-corrected chi connectivity index (χ3v) is 5.44. The van der Waals surface area contributed by atoms with Crippen molar-refractivity contribution in [3.8, 4) is 22.5 Å². The fourth-order valence-electron chi connectivity index (χ4n) is 2.63. The zero-order valence-corrected chi connectivity index (χ0v) is 17.0. The van der Waals surface area contributed by atoms with Gasteiger partial charge >= 0.3 is 0 Å². The molecule has 0 aliphatic rings. The number of nitrogens with zero attached hydrogens (tertiary/aromatic N) is 2. The van der Waals surface area contributed by atoms with Gasteiger partial charge in [-0.15, -0.1) is 0 Å². The highest BCUT2D eigenvalue weighted by Crippen LogP contribution is 2.23. The summed E-state index contributed by atoms with van der Waals surface area (Å²) in [5, 5.41) is 3.61. The number of rotatable bonds is 6. The SMILES string of the molecule is O=C(CSc1ncc(-c2ccc(Br)cc2)[nH]1)Nc1ccc(-c2cnc[nH]2)cc1. The molecule has 1 amide bonds. The standard InChI is InChI=1S/C20H16BrN5OS/c21-15-5-1-14(2-6-15)18-10-23-20(26-18)28-11-19(27)25-16-7-3-13(4-8-16)17-9-22-12-24-17/h1-10,12H,11H2,(H,22,24)(H,23,26)(H,25,27). The highest BCUT2D eigenvalue weighted by atomic mass is 79.9. The van der Waals surface area contributed by atoms with E-state index < -0.39 is 0 Å². The summed E-state index contributed by atoms with van der Waals surface area (Å²) in [4.78, 5) is 26.9. The molecule has 140 valence electrons. The van der Waals surface area contributed by atoms with Crippen LogP contribution in [0.3, 0.4) is 0 Å². The molecular formula is C20H16BrN5OS. The minimum atomic E-state index is -0.0825. The highest BCUT2D eigenvalue weighted by molar-refractivity contribution is 9.10. The Labute approximate surface area is 174 Å². The van der Waals surface area contributed by atoms with Gasteiger partial charge in [-0.1, -0.05) is 52.0 Å². The maximum absolute atomic E-state index is 12.2. The van der Waals surface area contributed by atoms with E-state index in [4.69, 9.17) is 0 Å². The average Bonchev–Trinajstić information content (AvgIpc) is 3.40. The Kier molecular flexibility index (Phi) is 5.59. The van der Waals surface area contributed by atoms with Gasteiger partial charge in [-0.25, -0.2) is 9.97 Å². The van der Waals surface area contributed by atoms with Crippen LogP contribution >= 0.6 is 27.7 Å². The molecule has 6 nitrogen and oxygen atoms in total. The largest absolute Gasteiger partial charge is 0.345 e. The minimum absolute atomic E-state index is 0.0825. The van der Waals surface area contributed by atoms with Gasteiger partial charge in [0.05, 0.1) is 35.9 Å². The molecule has 8 heteroatoms. The van der Waals surface area contributed by atoms with Gasteiger partial charge in [-0.3, -0.25) is 4.79 Å². The predicted octanol–water partition coefficient (Wildman–Crippen LogP) is 4.96. The van der Waals surface area contributed by atoms with Crippen molar-refractivity contribution in [2.24, 2.45) is 0 Å². The van der Waals surface area contributed by atoms with E-state index in [0.29, 0.717) is 5.16 Å². The van der Waals surface area contributed by atoms with Crippen LogP contribution in [0.5, 0.6) is 0 Å². The fourth-order valence-corrected chi connectivity index (χ4v) is 3.54. The summed E-state index contributed by atoms with van der Waals surface area (Å²) in [7, 11) is 0. The van der Waals surface area contributed by atoms with Gasteiger partial charge in [0.15, 0.2) is 5.16 Å². The van der Waals surface area contributed by atoms with Crippen LogP contribution in [0.15, 0.2) is 76.9 Å². The molecule has 0 saturated carbocycles. The lowest BCUT2D eigenvalue weighted by Gasteiger charge is -2.05. The van der Waals surface area contributed by atoms with E-state index in [1.54, 1.807) is 18.7 Å². The van der Waals surface area contributed by atoms with E-state index in [0.717, 1.165) is 32.7 Å². The number of amides is 1. The Hall–Kier alpha value is -2.84. The first kappa shape index (κ1) is 18.5. The summed E-state index contributed by atoms with van der Waals surface area (Å²) >= 11 is 4.79. The fraction of sp³-hybridized carbons (Fsp3) is 0.0500. The van der Waals surface area contributed by atoms with E-state index in [1.165, 1.54) is 11.8 Å². The van der Waals surface area contributed by atoms with Crippen LogP contribution in [0.1, 0.15) is 0 Å². The van der Waals surface area contributed by atoms with Crippen molar-refractivity contribution in [2.45, 2.75) is 5.16 Å². The molecule has 0 aliphatic heterocycles. The average molecular weight is 454 g/mol. The van der Waals surface area contributed by atoms with Crippen LogP contribution in [-0.2, 0) is 4.79 Å². The minimum Gasteiger partial charge on any atom is -0.345 e. The van der Waals surface area contributed by atoms with Crippen molar-refractivity contribution in [1.29, 1.82) is 0 Å². The number of hydrogen-bond donors (Lipinski definition) is 3. The molecule has 4 rings (SSSR count). The molecule has 0 aliphatic carbocycles. The van der Waals surface area contributed by atoms with Crippen molar-refractivity contribution in [2.75, 3.05) is 11.1 Å². The number of hydrogen-bond acceptors (Lipinski definition) is 4. The molecule has 2 aromatic heterocycles. The Morgan fingerprint density at radius 1 is 1.00 bits per heavy atom. The molecule has 0 unspecified atom stereocenters. The molecular weight excluding hydrogens is 438 g/mol. The Balaban J connectivity index is 1.31. The molecule has 0 spiro atoms. The van der Waals surface area contributed by atoms with Crippen LogP contribution in [0.2, 0.25) is 0 Å². The summed E-state index contributed by atoms with van der Waals surface area (Å²) in [6.45, 7) is 0. The third kappa shape index (κ3) is 4.52. The molecule has 0 atom stereocenters. The number of aromatic nitrogens is 4. The van der Waals surface area contributed by atoms with Crippen molar-refractivity contribution < 1.29 is 4.79 Å². The smallest absolute Gasteiger partial charge is 0.234 e. The Morgan fingerprint density at radius 2 is 1.71 bits per heavy atom. The number of carbonyl (C=O) groups is 1. The molecule has 4 aromatic rings. The summed E-state index contributed by atoms with van der Waals surface area (Å²) in [5.41, 5.74) is 4.67. The first-order chi connectivity index (χ1) is 13.7. The van der Waals surface area contributed by atoms with Gasteiger partial charge in [-0.2, -0.15) is 0 Å². The zero-order valence-electron chi connectivity index (χ0n) is 14.6. The van der Waals surface area contributed by atoms with Gasteiger partial charge in [0.2, 0.25) is 5.91 Å². The number of benzene rings is 2. The van der Waals surface area contributed by atoms with Crippen LogP contribution in [0.4, 0.5) is 5.69 Å². The second-order valence-corrected chi connectivity index (χ2v) is 7.87. The van der Waals surface area contributed by atoms with E-state index in [9.17, 15) is 4.79 Å². The molecule has 0 fully saturated rings.